The van der Waals surface area contributed by atoms with Crippen LogP contribution in [0.5, 0.6) is 0 Å². The van der Waals surface area contributed by atoms with Gasteiger partial charge in [0.1, 0.15) is 11.6 Å². The van der Waals surface area contributed by atoms with E-state index in [0.29, 0.717) is 17.8 Å². The van der Waals surface area contributed by atoms with Crippen LogP contribution in [0.25, 0.3) is 0 Å². The SMILES string of the molecule is OC(c1ccc(F)cc1F)C12CC3CC(CC(C3)C1)C2. The molecule has 0 amide bonds. The molecule has 0 radical (unpaired) electrons. The molecule has 0 aliphatic heterocycles. The van der Waals surface area contributed by atoms with E-state index in [1.165, 1.54) is 31.4 Å². The van der Waals surface area contributed by atoms with E-state index in [2.05, 4.69) is 0 Å². The largest absolute Gasteiger partial charge is 0.388 e. The Morgan fingerprint density at radius 1 is 1.00 bits per heavy atom. The Balaban J connectivity index is 1.69. The summed E-state index contributed by atoms with van der Waals surface area (Å²) in [4.78, 5) is 0. The van der Waals surface area contributed by atoms with Gasteiger partial charge in [0.05, 0.1) is 6.10 Å². The third kappa shape index (κ3) is 1.82. The average molecular weight is 278 g/mol. The lowest BCUT2D eigenvalue weighted by Gasteiger charge is -2.58. The summed E-state index contributed by atoms with van der Waals surface area (Å²) >= 11 is 0. The fraction of sp³-hybridized carbons (Fsp3) is 0.647. The Kier molecular flexibility index (Phi) is 2.72. The summed E-state index contributed by atoms with van der Waals surface area (Å²) in [6.45, 7) is 0. The Morgan fingerprint density at radius 3 is 2.05 bits per heavy atom. The van der Waals surface area contributed by atoms with Gasteiger partial charge >= 0.3 is 0 Å². The predicted molar refractivity (Wildman–Crippen MR) is 71.9 cm³/mol. The van der Waals surface area contributed by atoms with Crippen molar-refractivity contribution in [3.05, 3.63) is 35.4 Å². The molecule has 1 aromatic carbocycles. The van der Waals surface area contributed by atoms with Crippen molar-refractivity contribution in [1.29, 1.82) is 0 Å². The molecular weight excluding hydrogens is 258 g/mol. The molecule has 5 rings (SSSR count). The zero-order valence-corrected chi connectivity index (χ0v) is 11.5. The van der Waals surface area contributed by atoms with E-state index in [0.717, 1.165) is 25.3 Å². The van der Waals surface area contributed by atoms with E-state index >= 15 is 0 Å². The highest BCUT2D eigenvalue weighted by molar-refractivity contribution is 5.24. The molecular formula is C17H20F2O. The van der Waals surface area contributed by atoms with Crippen molar-refractivity contribution in [2.45, 2.75) is 44.6 Å². The number of aliphatic hydroxyl groups excluding tert-OH is 1. The first-order valence-corrected chi connectivity index (χ1v) is 7.69. The topological polar surface area (TPSA) is 20.2 Å². The molecule has 1 nitrogen and oxygen atoms in total. The summed E-state index contributed by atoms with van der Waals surface area (Å²) in [5, 5.41) is 10.8. The molecule has 0 spiro atoms. The van der Waals surface area contributed by atoms with Gasteiger partial charge in [-0.2, -0.15) is 0 Å². The fourth-order valence-electron chi connectivity index (χ4n) is 5.57. The minimum absolute atomic E-state index is 0.159. The average Bonchev–Trinajstić information content (AvgIpc) is 2.36. The Hall–Kier alpha value is -0.960. The maximum atomic E-state index is 14.0. The quantitative estimate of drug-likeness (QED) is 0.859. The second kappa shape index (κ2) is 4.27. The van der Waals surface area contributed by atoms with Crippen molar-refractivity contribution < 1.29 is 13.9 Å². The van der Waals surface area contributed by atoms with E-state index in [1.807, 2.05) is 0 Å². The zero-order valence-electron chi connectivity index (χ0n) is 11.5. The highest BCUT2D eigenvalue weighted by atomic mass is 19.1. The highest BCUT2D eigenvalue weighted by Crippen LogP contribution is 2.64. The van der Waals surface area contributed by atoms with Crippen LogP contribution in [0.2, 0.25) is 0 Å². The number of aliphatic hydroxyl groups is 1. The molecule has 0 heterocycles. The summed E-state index contributed by atoms with van der Waals surface area (Å²) in [6, 6.07) is 3.56. The number of hydrogen-bond donors (Lipinski definition) is 1. The minimum Gasteiger partial charge on any atom is -0.388 e. The first-order chi connectivity index (χ1) is 9.56. The Bertz CT molecular complexity index is 505. The summed E-state index contributed by atoms with van der Waals surface area (Å²) in [5.74, 6) is 0.940. The third-order valence-electron chi connectivity index (χ3n) is 5.92. The Morgan fingerprint density at radius 2 is 1.55 bits per heavy atom. The van der Waals surface area contributed by atoms with Crippen LogP contribution in [0, 0.1) is 34.8 Å². The summed E-state index contributed by atoms with van der Waals surface area (Å²) in [7, 11) is 0. The van der Waals surface area contributed by atoms with E-state index in [1.54, 1.807) is 0 Å². The van der Waals surface area contributed by atoms with Crippen LogP contribution in [-0.2, 0) is 0 Å². The second-order valence-corrected chi connectivity index (χ2v) is 7.35. The molecule has 4 aliphatic rings. The van der Waals surface area contributed by atoms with Crippen LogP contribution < -0.4 is 0 Å². The highest BCUT2D eigenvalue weighted by Gasteiger charge is 2.54. The van der Waals surface area contributed by atoms with Crippen molar-refractivity contribution in [3.63, 3.8) is 0 Å². The fourth-order valence-corrected chi connectivity index (χ4v) is 5.57. The van der Waals surface area contributed by atoms with Gasteiger partial charge in [0, 0.05) is 17.0 Å². The molecule has 1 aromatic rings. The van der Waals surface area contributed by atoms with Gasteiger partial charge in [-0.1, -0.05) is 6.07 Å². The standard InChI is InChI=1S/C17H20F2O/c18-13-1-2-14(15(19)6-13)16(20)17-7-10-3-11(8-17)5-12(4-10)9-17/h1-2,6,10-12,16,20H,3-5,7-9H2. The molecule has 4 saturated carbocycles. The van der Waals surface area contributed by atoms with E-state index in [-0.39, 0.29) is 11.0 Å². The normalized spacial score (nSPS) is 40.0. The third-order valence-corrected chi connectivity index (χ3v) is 5.92. The van der Waals surface area contributed by atoms with Crippen LogP contribution >= 0.6 is 0 Å². The van der Waals surface area contributed by atoms with Gasteiger partial charge in [0.25, 0.3) is 0 Å². The minimum atomic E-state index is -0.781. The van der Waals surface area contributed by atoms with Crippen LogP contribution in [-0.4, -0.2) is 5.11 Å². The molecule has 1 N–H and O–H groups in total. The molecule has 1 unspecified atom stereocenters. The monoisotopic (exact) mass is 278 g/mol. The lowest BCUT2D eigenvalue weighted by molar-refractivity contribution is -0.123. The molecule has 0 saturated heterocycles. The number of rotatable bonds is 2. The first kappa shape index (κ1) is 12.8. The predicted octanol–water partition coefficient (Wildman–Crippen LogP) is 4.21. The van der Waals surface area contributed by atoms with Gasteiger partial charge in [0.15, 0.2) is 0 Å². The molecule has 0 aromatic heterocycles. The van der Waals surface area contributed by atoms with Crippen LogP contribution in [0.1, 0.15) is 50.2 Å². The van der Waals surface area contributed by atoms with Gasteiger partial charge in [-0.05, 0) is 62.3 Å². The van der Waals surface area contributed by atoms with Crippen molar-refractivity contribution >= 4 is 0 Å². The molecule has 1 atom stereocenters. The van der Waals surface area contributed by atoms with Gasteiger partial charge in [-0.25, -0.2) is 8.78 Å². The summed E-state index contributed by atoms with van der Waals surface area (Å²) < 4.78 is 27.0. The molecule has 108 valence electrons. The maximum Gasteiger partial charge on any atom is 0.131 e. The molecule has 3 heteroatoms. The summed E-state index contributed by atoms with van der Waals surface area (Å²) in [6.07, 6.45) is 6.12. The second-order valence-electron chi connectivity index (χ2n) is 7.35. The van der Waals surface area contributed by atoms with Crippen molar-refractivity contribution in [2.24, 2.45) is 23.2 Å². The first-order valence-electron chi connectivity index (χ1n) is 7.69. The van der Waals surface area contributed by atoms with Crippen molar-refractivity contribution in [2.75, 3.05) is 0 Å². The number of hydrogen-bond acceptors (Lipinski definition) is 1. The van der Waals surface area contributed by atoms with Crippen molar-refractivity contribution in [1.82, 2.24) is 0 Å². The number of benzene rings is 1. The molecule has 4 aliphatic carbocycles. The van der Waals surface area contributed by atoms with Crippen LogP contribution in [0.4, 0.5) is 8.78 Å². The number of halogens is 2. The van der Waals surface area contributed by atoms with Gasteiger partial charge in [-0.15, -0.1) is 0 Å². The molecule has 4 fully saturated rings. The van der Waals surface area contributed by atoms with Crippen LogP contribution in [0.15, 0.2) is 18.2 Å². The van der Waals surface area contributed by atoms with E-state index in [4.69, 9.17) is 0 Å². The zero-order chi connectivity index (χ0) is 13.9. The van der Waals surface area contributed by atoms with Gasteiger partial charge in [-0.3, -0.25) is 0 Å². The van der Waals surface area contributed by atoms with Gasteiger partial charge < -0.3 is 5.11 Å². The lowest BCUT2D eigenvalue weighted by Crippen LogP contribution is -2.49. The Labute approximate surface area is 118 Å². The van der Waals surface area contributed by atoms with Crippen molar-refractivity contribution in [3.8, 4) is 0 Å². The van der Waals surface area contributed by atoms with E-state index in [9.17, 15) is 13.9 Å². The van der Waals surface area contributed by atoms with E-state index < -0.39 is 17.7 Å². The molecule has 4 bridgehead atoms. The van der Waals surface area contributed by atoms with Gasteiger partial charge in [0.2, 0.25) is 0 Å². The summed E-state index contributed by atoms with van der Waals surface area (Å²) in [5.41, 5.74) is 0.126. The maximum absolute atomic E-state index is 14.0. The smallest absolute Gasteiger partial charge is 0.131 e. The molecule has 20 heavy (non-hydrogen) atoms. The lowest BCUT2D eigenvalue weighted by atomic mass is 9.47. The van der Waals surface area contributed by atoms with Crippen LogP contribution in [0.3, 0.4) is 0 Å².